The van der Waals surface area contributed by atoms with Crippen LogP contribution in [0.4, 0.5) is 0 Å². The molecule has 1 heterocycles. The molecule has 1 aliphatic heterocycles. The van der Waals surface area contributed by atoms with Gasteiger partial charge in [-0.3, -0.25) is 0 Å². The minimum absolute atomic E-state index is 0.0725. The van der Waals surface area contributed by atoms with Crippen LogP contribution in [0.25, 0.3) is 0 Å². The van der Waals surface area contributed by atoms with Crippen LogP contribution in [0.1, 0.15) is 6.42 Å². The van der Waals surface area contributed by atoms with Crippen molar-refractivity contribution in [3.8, 4) is 0 Å². The van der Waals surface area contributed by atoms with E-state index in [1.807, 2.05) is 0 Å². The van der Waals surface area contributed by atoms with Crippen LogP contribution in [-0.4, -0.2) is 17.3 Å². The minimum atomic E-state index is 0.0725. The molecule has 42 valence electrons. The van der Waals surface area contributed by atoms with Crippen molar-refractivity contribution in [1.82, 2.24) is 0 Å². The zero-order chi connectivity index (χ0) is 5.28. The Kier molecular flexibility index (Phi) is 1.89. The predicted molar refractivity (Wildman–Crippen MR) is 36.1 cm³/mol. The number of hydrogen-bond donors (Lipinski definition) is 2. The molecule has 2 atom stereocenters. The van der Waals surface area contributed by atoms with Gasteiger partial charge in [-0.25, -0.2) is 0 Å². The van der Waals surface area contributed by atoms with E-state index in [0.717, 1.165) is 13.0 Å². The first-order valence-electron chi connectivity index (χ1n) is 2.28. The van der Waals surface area contributed by atoms with Gasteiger partial charge in [0.2, 0.25) is 0 Å². The van der Waals surface area contributed by atoms with E-state index < -0.39 is 0 Å². The fraction of sp³-hybridized carbons (Fsp3) is 1.00. The maximum Gasteiger partial charge on any atom is 0.112 e. The second kappa shape index (κ2) is 2.29. The molecule has 0 amide bonds. The summed E-state index contributed by atoms with van der Waals surface area (Å²) in [6, 6.07) is 0. The normalized spacial score (nSPS) is 42.0. The van der Waals surface area contributed by atoms with Crippen LogP contribution in [0.2, 0.25) is 0 Å². The van der Waals surface area contributed by atoms with Crippen LogP contribution in [0.15, 0.2) is 0 Å². The smallest absolute Gasteiger partial charge is 0.112 e. The molecule has 0 radical (unpaired) electrons. The summed E-state index contributed by atoms with van der Waals surface area (Å²) in [6.45, 7) is 0.822. The molecule has 3 heteroatoms. The molecule has 0 aliphatic carbocycles. The Balaban J connectivity index is 2.33. The highest BCUT2D eigenvalue weighted by atomic mass is 32.1. The van der Waals surface area contributed by atoms with Gasteiger partial charge in [-0.1, -0.05) is 0 Å². The highest BCUT2D eigenvalue weighted by Crippen LogP contribution is 2.20. The molecule has 1 nitrogen and oxygen atoms in total. The highest BCUT2D eigenvalue weighted by Gasteiger charge is 2.20. The van der Waals surface area contributed by atoms with Crippen molar-refractivity contribution in [3.63, 3.8) is 0 Å². The van der Waals surface area contributed by atoms with Crippen LogP contribution >= 0.6 is 25.3 Å². The van der Waals surface area contributed by atoms with Crippen molar-refractivity contribution in [3.05, 3.63) is 0 Å². The molecule has 1 rings (SSSR count). The molecule has 0 spiro atoms. The van der Waals surface area contributed by atoms with Gasteiger partial charge in [0.25, 0.3) is 0 Å². The standard InChI is InChI=1S/C4H8OS2/c6-3-1-2-5-4(3)7/h3-4,6-7H,1-2H2. The monoisotopic (exact) mass is 136 g/mol. The van der Waals surface area contributed by atoms with Crippen molar-refractivity contribution in [2.45, 2.75) is 17.1 Å². The highest BCUT2D eigenvalue weighted by molar-refractivity contribution is 7.85. The zero-order valence-electron chi connectivity index (χ0n) is 3.87. The van der Waals surface area contributed by atoms with Crippen LogP contribution < -0.4 is 0 Å². The largest absolute Gasteiger partial charge is 0.367 e. The number of rotatable bonds is 0. The van der Waals surface area contributed by atoms with Crippen LogP contribution in [0.3, 0.4) is 0 Å². The Labute approximate surface area is 54.3 Å². The number of thiol groups is 2. The van der Waals surface area contributed by atoms with Gasteiger partial charge in [0.15, 0.2) is 0 Å². The molecule has 1 saturated heterocycles. The lowest BCUT2D eigenvalue weighted by molar-refractivity contribution is 0.176. The molecular formula is C4H8OS2. The van der Waals surface area contributed by atoms with Gasteiger partial charge in [-0.2, -0.15) is 12.6 Å². The van der Waals surface area contributed by atoms with Crippen molar-refractivity contribution in [1.29, 1.82) is 0 Å². The summed E-state index contributed by atoms with van der Waals surface area (Å²) in [6.07, 6.45) is 1.04. The summed E-state index contributed by atoms with van der Waals surface area (Å²) in [4.78, 5) is 0. The molecule has 1 fully saturated rings. The summed E-state index contributed by atoms with van der Waals surface area (Å²) in [5, 5.41) is 0.350. The van der Waals surface area contributed by atoms with Crippen LogP contribution in [0, 0.1) is 0 Å². The third-order valence-corrected chi connectivity index (χ3v) is 2.30. The first-order chi connectivity index (χ1) is 3.30. The van der Waals surface area contributed by atoms with E-state index in [-0.39, 0.29) is 5.44 Å². The number of ether oxygens (including phenoxy) is 1. The quantitative estimate of drug-likeness (QED) is 0.472. The second-order valence-electron chi connectivity index (χ2n) is 1.62. The van der Waals surface area contributed by atoms with Gasteiger partial charge < -0.3 is 4.74 Å². The molecule has 2 unspecified atom stereocenters. The summed E-state index contributed by atoms with van der Waals surface area (Å²) in [5.41, 5.74) is 0.0725. The van der Waals surface area contributed by atoms with Crippen molar-refractivity contribution < 1.29 is 4.74 Å². The van der Waals surface area contributed by atoms with E-state index in [1.54, 1.807) is 0 Å². The summed E-state index contributed by atoms with van der Waals surface area (Å²) in [7, 11) is 0. The Morgan fingerprint density at radius 3 is 2.29 bits per heavy atom. The lowest BCUT2D eigenvalue weighted by Crippen LogP contribution is -2.06. The van der Waals surface area contributed by atoms with E-state index in [4.69, 9.17) is 4.74 Å². The van der Waals surface area contributed by atoms with Crippen molar-refractivity contribution >= 4 is 25.3 Å². The summed E-state index contributed by atoms with van der Waals surface area (Å²) in [5.74, 6) is 0. The zero-order valence-corrected chi connectivity index (χ0v) is 5.66. The Morgan fingerprint density at radius 2 is 2.14 bits per heavy atom. The van der Waals surface area contributed by atoms with Crippen molar-refractivity contribution in [2.75, 3.05) is 6.61 Å². The Morgan fingerprint density at radius 1 is 1.43 bits per heavy atom. The predicted octanol–water partition coefficient (Wildman–Crippen LogP) is 0.961. The third-order valence-electron chi connectivity index (χ3n) is 1.03. The molecular weight excluding hydrogens is 128 g/mol. The average molecular weight is 136 g/mol. The maximum atomic E-state index is 5.05. The number of hydrogen-bond acceptors (Lipinski definition) is 3. The molecule has 0 saturated carbocycles. The van der Waals surface area contributed by atoms with Gasteiger partial charge in [-0.05, 0) is 6.42 Å². The van der Waals surface area contributed by atoms with E-state index in [2.05, 4.69) is 25.3 Å². The van der Waals surface area contributed by atoms with Gasteiger partial charge in [0.1, 0.15) is 5.44 Å². The van der Waals surface area contributed by atoms with Crippen LogP contribution in [0.5, 0.6) is 0 Å². The molecule has 0 aromatic heterocycles. The van der Waals surface area contributed by atoms with Crippen molar-refractivity contribution in [2.24, 2.45) is 0 Å². The van der Waals surface area contributed by atoms with Gasteiger partial charge in [-0.15, -0.1) is 12.6 Å². The van der Waals surface area contributed by atoms with Gasteiger partial charge in [0.05, 0.1) is 0 Å². The lowest BCUT2D eigenvalue weighted by Gasteiger charge is -2.02. The van der Waals surface area contributed by atoms with E-state index in [0.29, 0.717) is 5.25 Å². The van der Waals surface area contributed by atoms with Crippen LogP contribution in [-0.2, 0) is 4.74 Å². The van der Waals surface area contributed by atoms with E-state index in [9.17, 15) is 0 Å². The molecule has 0 aromatic rings. The SMILES string of the molecule is SC1CCOC1S. The molecule has 7 heavy (non-hydrogen) atoms. The summed E-state index contributed by atoms with van der Waals surface area (Å²) >= 11 is 8.27. The minimum Gasteiger partial charge on any atom is -0.367 e. The third kappa shape index (κ3) is 1.27. The molecule has 0 bridgehead atoms. The molecule has 0 aromatic carbocycles. The first-order valence-corrected chi connectivity index (χ1v) is 3.32. The second-order valence-corrected chi connectivity index (χ2v) is 2.79. The Hall–Kier alpha value is 0.660. The average Bonchev–Trinajstić information content (AvgIpc) is 1.91. The van der Waals surface area contributed by atoms with E-state index >= 15 is 0 Å². The summed E-state index contributed by atoms with van der Waals surface area (Å²) < 4.78 is 5.05. The van der Waals surface area contributed by atoms with Gasteiger partial charge >= 0.3 is 0 Å². The molecule has 0 N–H and O–H groups in total. The maximum absolute atomic E-state index is 5.05. The fourth-order valence-corrected chi connectivity index (χ4v) is 1.01. The topological polar surface area (TPSA) is 9.23 Å². The van der Waals surface area contributed by atoms with E-state index in [1.165, 1.54) is 0 Å². The fourth-order valence-electron chi connectivity index (χ4n) is 0.563. The first kappa shape index (κ1) is 5.79. The lowest BCUT2D eigenvalue weighted by atomic mass is 10.4. The Bertz CT molecular complexity index is 58.7. The molecule has 1 aliphatic rings. The van der Waals surface area contributed by atoms with Gasteiger partial charge in [0, 0.05) is 11.9 Å².